The zero-order valence-electron chi connectivity index (χ0n) is 16.1. The fraction of sp³-hybridized carbons (Fsp3) is 0.611. The predicted octanol–water partition coefficient (Wildman–Crippen LogP) is 3.07. The third kappa shape index (κ3) is 8.80. The Morgan fingerprint density at radius 3 is 2.75 bits per heavy atom. The highest BCUT2D eigenvalue weighted by atomic mass is 127. The maximum Gasteiger partial charge on any atom is 0.401 e. The Hall–Kier alpha value is -1.30. The van der Waals surface area contributed by atoms with Gasteiger partial charge in [-0.1, -0.05) is 6.07 Å². The average Bonchev–Trinajstić information content (AvgIpc) is 3.02. The van der Waals surface area contributed by atoms with Crippen LogP contribution in [0.3, 0.4) is 0 Å². The Bertz CT molecular complexity index is 626. The Morgan fingerprint density at radius 1 is 1.36 bits per heavy atom. The summed E-state index contributed by atoms with van der Waals surface area (Å²) in [5, 5.41) is 6.35. The standard InChI is InChI=1S/C18H27F4N5.HI/c1-23-17(25-15-7-10-27(12-15)13-18(20,21)22)24-8-4-9-26(2)16-6-3-5-14(19)11-16;/h3,5-6,11,15H,4,7-10,12-13H2,1-2H3,(H2,23,24,25);1H. The summed E-state index contributed by atoms with van der Waals surface area (Å²) < 4.78 is 50.6. The average molecular weight is 517 g/mol. The number of aliphatic imine (C=N–C) groups is 1. The van der Waals surface area contributed by atoms with E-state index in [-0.39, 0.29) is 35.8 Å². The smallest absolute Gasteiger partial charge is 0.374 e. The van der Waals surface area contributed by atoms with Crippen molar-refractivity contribution in [3.63, 3.8) is 0 Å². The van der Waals surface area contributed by atoms with Crippen molar-refractivity contribution in [2.75, 3.05) is 51.7 Å². The van der Waals surface area contributed by atoms with Gasteiger partial charge in [0, 0.05) is 52.0 Å². The molecule has 1 aliphatic heterocycles. The monoisotopic (exact) mass is 517 g/mol. The number of hydrogen-bond acceptors (Lipinski definition) is 3. The van der Waals surface area contributed by atoms with Gasteiger partial charge in [0.05, 0.1) is 6.54 Å². The molecule has 5 nitrogen and oxygen atoms in total. The van der Waals surface area contributed by atoms with Crippen molar-refractivity contribution in [2.45, 2.75) is 25.1 Å². The van der Waals surface area contributed by atoms with Crippen LogP contribution in [0.2, 0.25) is 0 Å². The molecule has 1 aliphatic rings. The van der Waals surface area contributed by atoms with Crippen molar-refractivity contribution in [3.8, 4) is 0 Å². The van der Waals surface area contributed by atoms with Crippen LogP contribution in [-0.4, -0.2) is 69.9 Å². The Kier molecular flexibility index (Phi) is 10.3. The molecule has 0 radical (unpaired) electrons. The van der Waals surface area contributed by atoms with Gasteiger partial charge >= 0.3 is 6.18 Å². The van der Waals surface area contributed by atoms with Gasteiger partial charge in [0.1, 0.15) is 5.82 Å². The van der Waals surface area contributed by atoms with E-state index in [4.69, 9.17) is 0 Å². The Balaban J connectivity index is 0.00000392. The SMILES string of the molecule is CN=C(NCCCN(C)c1cccc(F)c1)NC1CCN(CC(F)(F)F)C1.I. The van der Waals surface area contributed by atoms with Crippen molar-refractivity contribution in [1.82, 2.24) is 15.5 Å². The fourth-order valence-electron chi connectivity index (χ4n) is 3.10. The van der Waals surface area contributed by atoms with E-state index in [0.717, 1.165) is 18.7 Å². The van der Waals surface area contributed by atoms with Gasteiger partial charge in [0.2, 0.25) is 0 Å². The molecule has 2 rings (SSSR count). The number of nitrogens with zero attached hydrogens (tertiary/aromatic N) is 3. The number of hydrogen-bond donors (Lipinski definition) is 2. The second-order valence-corrected chi connectivity index (χ2v) is 6.73. The van der Waals surface area contributed by atoms with Gasteiger partial charge in [-0.2, -0.15) is 13.2 Å². The topological polar surface area (TPSA) is 42.9 Å². The Labute approximate surface area is 180 Å². The molecule has 0 spiro atoms. The van der Waals surface area contributed by atoms with Gasteiger partial charge in [-0.05, 0) is 31.0 Å². The van der Waals surface area contributed by atoms with E-state index >= 15 is 0 Å². The number of nitrogens with one attached hydrogen (secondary N) is 2. The summed E-state index contributed by atoms with van der Waals surface area (Å²) >= 11 is 0. The molecule has 10 heteroatoms. The zero-order chi connectivity index (χ0) is 19.9. The number of benzene rings is 1. The van der Waals surface area contributed by atoms with Crippen molar-refractivity contribution in [2.24, 2.45) is 4.99 Å². The first kappa shape index (κ1) is 24.7. The minimum atomic E-state index is -4.16. The van der Waals surface area contributed by atoms with Crippen molar-refractivity contribution in [3.05, 3.63) is 30.1 Å². The maximum atomic E-state index is 13.3. The lowest BCUT2D eigenvalue weighted by Crippen LogP contribution is -2.45. The minimum Gasteiger partial charge on any atom is -0.374 e. The fourth-order valence-corrected chi connectivity index (χ4v) is 3.10. The number of likely N-dealkylation sites (tertiary alicyclic amines) is 1. The van der Waals surface area contributed by atoms with Crippen LogP contribution in [0.15, 0.2) is 29.3 Å². The quantitative estimate of drug-likeness (QED) is 0.192. The zero-order valence-corrected chi connectivity index (χ0v) is 18.4. The summed E-state index contributed by atoms with van der Waals surface area (Å²) in [6.07, 6.45) is -2.71. The first-order chi connectivity index (χ1) is 12.8. The lowest BCUT2D eigenvalue weighted by molar-refractivity contribution is -0.143. The molecule has 160 valence electrons. The van der Waals surface area contributed by atoms with E-state index in [1.54, 1.807) is 13.1 Å². The first-order valence-electron chi connectivity index (χ1n) is 9.00. The van der Waals surface area contributed by atoms with Crippen molar-refractivity contribution >= 4 is 35.6 Å². The van der Waals surface area contributed by atoms with Crippen LogP contribution in [0.1, 0.15) is 12.8 Å². The number of anilines is 1. The van der Waals surface area contributed by atoms with E-state index in [0.29, 0.717) is 32.0 Å². The molecular weight excluding hydrogens is 489 g/mol. The van der Waals surface area contributed by atoms with Crippen molar-refractivity contribution < 1.29 is 17.6 Å². The van der Waals surface area contributed by atoms with Crippen LogP contribution < -0.4 is 15.5 Å². The molecule has 1 unspecified atom stereocenters. The van der Waals surface area contributed by atoms with Crippen LogP contribution in [0.5, 0.6) is 0 Å². The summed E-state index contributed by atoms with van der Waals surface area (Å²) in [7, 11) is 3.53. The highest BCUT2D eigenvalue weighted by Crippen LogP contribution is 2.20. The molecular formula is C18H28F4IN5. The molecule has 0 saturated carbocycles. The molecule has 1 heterocycles. The molecule has 2 N–H and O–H groups in total. The molecule has 0 bridgehead atoms. The molecule has 1 atom stereocenters. The number of alkyl halides is 3. The van der Waals surface area contributed by atoms with Gasteiger partial charge < -0.3 is 15.5 Å². The van der Waals surface area contributed by atoms with Gasteiger partial charge in [0.25, 0.3) is 0 Å². The van der Waals surface area contributed by atoms with E-state index < -0.39 is 12.7 Å². The summed E-state index contributed by atoms with van der Waals surface area (Å²) in [5.74, 6) is 0.320. The predicted molar refractivity (Wildman–Crippen MR) is 115 cm³/mol. The normalized spacial score (nSPS) is 17.9. The summed E-state index contributed by atoms with van der Waals surface area (Å²) in [5.41, 5.74) is 0.813. The highest BCUT2D eigenvalue weighted by Gasteiger charge is 2.34. The van der Waals surface area contributed by atoms with Crippen LogP contribution in [0, 0.1) is 5.82 Å². The van der Waals surface area contributed by atoms with Crippen LogP contribution in [0.4, 0.5) is 23.2 Å². The molecule has 0 amide bonds. The summed E-state index contributed by atoms with van der Waals surface area (Å²) in [6, 6.07) is 6.38. The van der Waals surface area contributed by atoms with Crippen LogP contribution in [0.25, 0.3) is 0 Å². The summed E-state index contributed by atoms with van der Waals surface area (Å²) in [6.45, 7) is 1.29. The number of guanidine groups is 1. The third-order valence-electron chi connectivity index (χ3n) is 4.45. The highest BCUT2D eigenvalue weighted by molar-refractivity contribution is 14.0. The minimum absolute atomic E-state index is 0. The molecule has 1 fully saturated rings. The van der Waals surface area contributed by atoms with Crippen LogP contribution in [-0.2, 0) is 0 Å². The van der Waals surface area contributed by atoms with Gasteiger partial charge in [-0.15, -0.1) is 24.0 Å². The summed E-state index contributed by atoms with van der Waals surface area (Å²) in [4.78, 5) is 7.49. The molecule has 0 aliphatic carbocycles. The lowest BCUT2D eigenvalue weighted by atomic mass is 10.2. The van der Waals surface area contributed by atoms with Gasteiger partial charge in [0.15, 0.2) is 5.96 Å². The number of rotatable bonds is 7. The van der Waals surface area contributed by atoms with Crippen LogP contribution >= 0.6 is 24.0 Å². The van der Waals surface area contributed by atoms with Crippen molar-refractivity contribution in [1.29, 1.82) is 0 Å². The first-order valence-corrected chi connectivity index (χ1v) is 9.00. The van der Waals surface area contributed by atoms with E-state index in [1.165, 1.54) is 17.0 Å². The lowest BCUT2D eigenvalue weighted by Gasteiger charge is -2.21. The Morgan fingerprint density at radius 2 is 2.11 bits per heavy atom. The van der Waals surface area contributed by atoms with E-state index in [1.807, 2.05) is 18.0 Å². The maximum absolute atomic E-state index is 13.3. The molecule has 0 aromatic heterocycles. The second kappa shape index (κ2) is 11.6. The third-order valence-corrected chi connectivity index (χ3v) is 4.45. The van der Waals surface area contributed by atoms with E-state index in [2.05, 4.69) is 15.6 Å². The second-order valence-electron chi connectivity index (χ2n) is 6.73. The molecule has 28 heavy (non-hydrogen) atoms. The largest absolute Gasteiger partial charge is 0.401 e. The molecule has 1 aromatic rings. The molecule has 1 aromatic carbocycles. The van der Waals surface area contributed by atoms with Gasteiger partial charge in [-0.3, -0.25) is 9.89 Å². The van der Waals surface area contributed by atoms with Gasteiger partial charge in [-0.25, -0.2) is 4.39 Å². The molecule has 1 saturated heterocycles. The number of halogens is 5. The van der Waals surface area contributed by atoms with E-state index in [9.17, 15) is 17.6 Å².